The van der Waals surface area contributed by atoms with Crippen LogP contribution in [0.15, 0.2) is 22.7 Å². The zero-order valence-electron chi connectivity index (χ0n) is 10.9. The summed E-state index contributed by atoms with van der Waals surface area (Å²) in [6, 6.07) is 4.08. The molecule has 1 heterocycles. The number of carbonyl (C=O) groups is 1. The van der Waals surface area contributed by atoms with E-state index in [0.717, 1.165) is 32.2 Å². The molecule has 1 unspecified atom stereocenters. The Bertz CT molecular complexity index is 514. The average molecular weight is 342 g/mol. The third kappa shape index (κ3) is 3.77. The fourth-order valence-corrected chi connectivity index (χ4v) is 2.54. The van der Waals surface area contributed by atoms with E-state index >= 15 is 0 Å². The highest BCUT2D eigenvalue weighted by atomic mass is 79.9. The van der Waals surface area contributed by atoms with E-state index in [4.69, 9.17) is 0 Å². The number of hydrogen-bond donors (Lipinski definition) is 2. The van der Waals surface area contributed by atoms with Crippen molar-refractivity contribution in [1.29, 1.82) is 0 Å². The Kier molecular flexibility index (Phi) is 5.08. The average Bonchev–Trinajstić information content (AvgIpc) is 2.70. The summed E-state index contributed by atoms with van der Waals surface area (Å²) in [6.07, 6.45) is 4.00. The largest absolute Gasteiger partial charge is 0.323 e. The van der Waals surface area contributed by atoms with E-state index in [1.165, 1.54) is 12.1 Å². The molecule has 1 amide bonds. The van der Waals surface area contributed by atoms with Crippen LogP contribution in [0.3, 0.4) is 0 Å². The minimum atomic E-state index is -0.480. The zero-order valence-corrected chi connectivity index (χ0v) is 12.5. The van der Waals surface area contributed by atoms with E-state index in [9.17, 15) is 14.9 Å². The summed E-state index contributed by atoms with van der Waals surface area (Å²) in [5.41, 5.74) is 0.382. The maximum absolute atomic E-state index is 12.2. The second-order valence-electron chi connectivity index (χ2n) is 4.77. The Hall–Kier alpha value is -1.47. The van der Waals surface area contributed by atoms with Gasteiger partial charge in [-0.25, -0.2) is 0 Å². The van der Waals surface area contributed by atoms with Gasteiger partial charge >= 0.3 is 0 Å². The Morgan fingerprint density at radius 1 is 1.40 bits per heavy atom. The molecule has 0 bridgehead atoms. The molecule has 1 aromatic rings. The SMILES string of the molecule is O=C(Nc1cc([N+](=O)[O-])ccc1Br)C1CCCCCN1. The van der Waals surface area contributed by atoms with Crippen LogP contribution in [0.5, 0.6) is 0 Å². The molecule has 1 fully saturated rings. The maximum Gasteiger partial charge on any atom is 0.271 e. The molecule has 0 spiro atoms. The van der Waals surface area contributed by atoms with Crippen LogP contribution in [-0.4, -0.2) is 23.4 Å². The van der Waals surface area contributed by atoms with Crippen molar-refractivity contribution in [2.45, 2.75) is 31.7 Å². The van der Waals surface area contributed by atoms with Crippen molar-refractivity contribution in [3.05, 3.63) is 32.8 Å². The van der Waals surface area contributed by atoms with Crippen molar-refractivity contribution in [3.8, 4) is 0 Å². The normalized spacial score (nSPS) is 19.1. The number of carbonyl (C=O) groups excluding carboxylic acids is 1. The minimum absolute atomic E-state index is 0.0441. The molecule has 0 aliphatic carbocycles. The number of halogens is 1. The van der Waals surface area contributed by atoms with Crippen molar-refractivity contribution in [1.82, 2.24) is 5.32 Å². The van der Waals surface area contributed by atoms with Gasteiger partial charge in [-0.3, -0.25) is 14.9 Å². The van der Waals surface area contributed by atoms with Crippen molar-refractivity contribution in [2.24, 2.45) is 0 Å². The van der Waals surface area contributed by atoms with Gasteiger partial charge in [0.15, 0.2) is 0 Å². The molecular formula is C13H16BrN3O3. The lowest BCUT2D eigenvalue weighted by molar-refractivity contribution is -0.384. The third-order valence-electron chi connectivity index (χ3n) is 3.30. The van der Waals surface area contributed by atoms with Gasteiger partial charge in [0.25, 0.3) is 5.69 Å². The van der Waals surface area contributed by atoms with Crippen LogP contribution >= 0.6 is 15.9 Å². The highest BCUT2D eigenvalue weighted by molar-refractivity contribution is 9.10. The predicted molar refractivity (Wildman–Crippen MR) is 79.7 cm³/mol. The lowest BCUT2D eigenvalue weighted by Gasteiger charge is -2.16. The van der Waals surface area contributed by atoms with E-state index < -0.39 is 4.92 Å². The van der Waals surface area contributed by atoms with Crippen molar-refractivity contribution in [2.75, 3.05) is 11.9 Å². The van der Waals surface area contributed by atoms with Gasteiger partial charge in [-0.2, -0.15) is 0 Å². The molecule has 2 rings (SSSR count). The van der Waals surface area contributed by atoms with Crippen LogP contribution in [0.25, 0.3) is 0 Å². The quantitative estimate of drug-likeness (QED) is 0.653. The monoisotopic (exact) mass is 341 g/mol. The molecule has 1 saturated heterocycles. The molecule has 1 aromatic carbocycles. The number of amides is 1. The Morgan fingerprint density at radius 3 is 2.95 bits per heavy atom. The molecule has 7 heteroatoms. The van der Waals surface area contributed by atoms with E-state index in [2.05, 4.69) is 26.6 Å². The highest BCUT2D eigenvalue weighted by Crippen LogP contribution is 2.27. The molecule has 1 atom stereocenters. The van der Waals surface area contributed by atoms with Crippen LogP contribution in [-0.2, 0) is 4.79 Å². The lowest BCUT2D eigenvalue weighted by atomic mass is 10.1. The molecule has 0 saturated carbocycles. The molecule has 2 N–H and O–H groups in total. The van der Waals surface area contributed by atoms with Gasteiger partial charge in [0, 0.05) is 16.6 Å². The van der Waals surface area contributed by atoms with Crippen LogP contribution in [0.2, 0.25) is 0 Å². The number of nitrogens with one attached hydrogen (secondary N) is 2. The lowest BCUT2D eigenvalue weighted by Crippen LogP contribution is -2.39. The summed E-state index contributed by atoms with van der Waals surface area (Å²) >= 11 is 3.29. The summed E-state index contributed by atoms with van der Waals surface area (Å²) in [7, 11) is 0. The topological polar surface area (TPSA) is 84.3 Å². The maximum atomic E-state index is 12.2. The van der Waals surface area contributed by atoms with Gasteiger partial charge in [0.1, 0.15) is 0 Å². The third-order valence-corrected chi connectivity index (χ3v) is 3.99. The molecule has 108 valence electrons. The van der Waals surface area contributed by atoms with E-state index in [1.54, 1.807) is 6.07 Å². The van der Waals surface area contributed by atoms with Gasteiger partial charge in [-0.15, -0.1) is 0 Å². The van der Waals surface area contributed by atoms with Crippen LogP contribution in [0, 0.1) is 10.1 Å². The van der Waals surface area contributed by atoms with Gasteiger partial charge in [-0.1, -0.05) is 12.8 Å². The van der Waals surface area contributed by atoms with Gasteiger partial charge < -0.3 is 10.6 Å². The minimum Gasteiger partial charge on any atom is -0.323 e. The standard InChI is InChI=1S/C13H16BrN3O3/c14-10-6-5-9(17(19)20)8-12(10)16-13(18)11-4-2-1-3-7-15-11/h5-6,8,11,15H,1-4,7H2,(H,16,18). The Labute approximate surface area is 125 Å². The summed E-state index contributed by atoms with van der Waals surface area (Å²) in [5.74, 6) is -0.145. The summed E-state index contributed by atoms with van der Waals surface area (Å²) in [5, 5.41) is 16.7. The molecular weight excluding hydrogens is 326 g/mol. The first-order valence-electron chi connectivity index (χ1n) is 6.56. The van der Waals surface area contributed by atoms with Crippen LogP contribution < -0.4 is 10.6 Å². The molecule has 20 heavy (non-hydrogen) atoms. The molecule has 6 nitrogen and oxygen atoms in total. The van der Waals surface area contributed by atoms with Crippen LogP contribution in [0.1, 0.15) is 25.7 Å². The number of anilines is 1. The second kappa shape index (κ2) is 6.81. The smallest absolute Gasteiger partial charge is 0.271 e. The fraction of sp³-hybridized carbons (Fsp3) is 0.462. The zero-order chi connectivity index (χ0) is 14.5. The van der Waals surface area contributed by atoms with Crippen molar-refractivity contribution < 1.29 is 9.72 Å². The number of rotatable bonds is 3. The van der Waals surface area contributed by atoms with Crippen molar-refractivity contribution >= 4 is 33.2 Å². The number of hydrogen-bond acceptors (Lipinski definition) is 4. The predicted octanol–water partition coefficient (Wildman–Crippen LogP) is 2.83. The first-order valence-corrected chi connectivity index (χ1v) is 7.35. The molecule has 0 radical (unpaired) electrons. The number of non-ortho nitro benzene ring substituents is 1. The second-order valence-corrected chi connectivity index (χ2v) is 5.62. The number of benzene rings is 1. The summed E-state index contributed by atoms with van der Waals surface area (Å²) in [6.45, 7) is 0.828. The first kappa shape index (κ1) is 14.9. The molecule has 1 aliphatic rings. The Morgan fingerprint density at radius 2 is 2.20 bits per heavy atom. The fourth-order valence-electron chi connectivity index (χ4n) is 2.19. The van der Waals surface area contributed by atoms with Crippen LogP contribution in [0.4, 0.5) is 11.4 Å². The first-order chi connectivity index (χ1) is 9.58. The van der Waals surface area contributed by atoms with E-state index in [1.807, 2.05) is 0 Å². The number of nitro groups is 1. The van der Waals surface area contributed by atoms with Gasteiger partial charge in [-0.05, 0) is 41.4 Å². The molecule has 0 aromatic heterocycles. The Balaban J connectivity index is 2.10. The summed E-state index contributed by atoms with van der Waals surface area (Å²) in [4.78, 5) is 22.5. The van der Waals surface area contributed by atoms with Gasteiger partial charge in [0.05, 0.1) is 16.7 Å². The van der Waals surface area contributed by atoms with Crippen molar-refractivity contribution in [3.63, 3.8) is 0 Å². The highest BCUT2D eigenvalue weighted by Gasteiger charge is 2.21. The number of nitrogens with zero attached hydrogens (tertiary/aromatic N) is 1. The summed E-state index contributed by atoms with van der Waals surface area (Å²) < 4.78 is 0.630. The molecule has 1 aliphatic heterocycles. The number of nitro benzene ring substituents is 1. The van der Waals surface area contributed by atoms with E-state index in [0.29, 0.717) is 10.2 Å². The van der Waals surface area contributed by atoms with Gasteiger partial charge in [0.2, 0.25) is 5.91 Å². The van der Waals surface area contributed by atoms with E-state index in [-0.39, 0.29) is 17.6 Å².